The van der Waals surface area contributed by atoms with Gasteiger partial charge in [-0.3, -0.25) is 18.6 Å². The molecule has 0 bridgehead atoms. The minimum Gasteiger partial charge on any atom is -0.468 e. The van der Waals surface area contributed by atoms with Crippen LogP contribution in [0, 0.1) is 0 Å². The monoisotopic (exact) mass is 399 g/mol. The highest BCUT2D eigenvalue weighted by Gasteiger charge is 2.21. The molecule has 26 heavy (non-hydrogen) atoms. The predicted molar refractivity (Wildman–Crippen MR) is 92.5 cm³/mol. The lowest BCUT2D eigenvalue weighted by Gasteiger charge is -2.23. The second kappa shape index (κ2) is 13.2. The minimum absolute atomic E-state index is 0.0261. The number of phosphoric acid groups is 1. The highest BCUT2D eigenvalue weighted by molar-refractivity contribution is 7.47. The molecule has 0 saturated heterocycles. The number of carbonyl (C=O) groups excluding carboxylic acids is 2. The highest BCUT2D eigenvalue weighted by atomic mass is 31.2. The van der Waals surface area contributed by atoms with Crippen molar-refractivity contribution in [3.05, 3.63) is 0 Å². The van der Waals surface area contributed by atoms with Gasteiger partial charge in [0.2, 0.25) is 5.91 Å². The molecule has 0 aromatic carbocycles. The molecule has 0 aromatic heterocycles. The first kappa shape index (κ1) is 25.0. The van der Waals surface area contributed by atoms with Crippen LogP contribution in [0.2, 0.25) is 0 Å². The van der Waals surface area contributed by atoms with Gasteiger partial charge in [-0.2, -0.15) is 0 Å². The van der Waals surface area contributed by atoms with E-state index in [1.807, 2.05) is 13.8 Å². The van der Waals surface area contributed by atoms with E-state index in [2.05, 4.69) is 14.6 Å². The van der Waals surface area contributed by atoms with Crippen LogP contribution in [0.5, 0.6) is 0 Å². The van der Waals surface area contributed by atoms with E-state index < -0.39 is 13.9 Å². The summed E-state index contributed by atoms with van der Waals surface area (Å²) in [6.45, 7) is 5.89. The van der Waals surface area contributed by atoms with E-state index in [0.29, 0.717) is 13.0 Å². The van der Waals surface area contributed by atoms with Gasteiger partial charge in [0.25, 0.3) is 6.47 Å². The van der Waals surface area contributed by atoms with Crippen LogP contribution in [-0.2, 0) is 37.4 Å². The summed E-state index contributed by atoms with van der Waals surface area (Å²) in [7, 11) is -2.60. The molecule has 1 amide bonds. The fourth-order valence-corrected chi connectivity index (χ4v) is 2.30. The summed E-state index contributed by atoms with van der Waals surface area (Å²) in [6, 6.07) is 0. The second-order valence-corrected chi connectivity index (χ2v) is 7.43. The number of hydrogen-bond donors (Lipinski definition) is 2. The third-order valence-electron chi connectivity index (χ3n) is 3.38. The molecule has 0 aromatic rings. The van der Waals surface area contributed by atoms with Gasteiger partial charge >= 0.3 is 7.82 Å². The lowest BCUT2D eigenvalue weighted by atomic mass is 10.1. The van der Waals surface area contributed by atoms with Crippen LogP contribution in [0.15, 0.2) is 0 Å². The van der Waals surface area contributed by atoms with Crippen molar-refractivity contribution in [3.8, 4) is 0 Å². The van der Waals surface area contributed by atoms with Crippen LogP contribution >= 0.6 is 7.82 Å². The summed E-state index contributed by atoms with van der Waals surface area (Å²) < 4.78 is 36.0. The fourth-order valence-electron chi connectivity index (χ4n) is 1.55. The van der Waals surface area contributed by atoms with Crippen molar-refractivity contribution >= 4 is 20.2 Å². The van der Waals surface area contributed by atoms with Gasteiger partial charge in [0.1, 0.15) is 6.10 Å². The van der Waals surface area contributed by atoms with Crippen molar-refractivity contribution in [2.75, 3.05) is 40.1 Å². The van der Waals surface area contributed by atoms with Crippen LogP contribution in [0.1, 0.15) is 33.6 Å². The van der Waals surface area contributed by atoms with Gasteiger partial charge in [-0.05, 0) is 27.2 Å². The van der Waals surface area contributed by atoms with E-state index in [1.165, 1.54) is 0 Å². The first-order valence-corrected chi connectivity index (χ1v) is 9.74. The van der Waals surface area contributed by atoms with Crippen molar-refractivity contribution in [2.45, 2.75) is 45.3 Å². The van der Waals surface area contributed by atoms with Crippen LogP contribution < -0.4 is 5.32 Å². The summed E-state index contributed by atoms with van der Waals surface area (Å²) in [6.07, 6.45) is 0.225. The lowest BCUT2D eigenvalue weighted by molar-refractivity contribution is -0.133. The SMILES string of the molecule is COC(C)(C)CCOC(C)C(=O)NCCOP(=O)(O)OCCCOC=O. The van der Waals surface area contributed by atoms with Gasteiger partial charge in [0.05, 0.1) is 32.0 Å². The maximum Gasteiger partial charge on any atom is 0.472 e. The molecule has 0 heterocycles. The number of hydrogen-bond acceptors (Lipinski definition) is 8. The standard InChI is InChI=1S/C15H30NO9P/c1-13(23-10-6-15(2,3)21-4)14(18)16-7-11-25-26(19,20)24-9-5-8-22-12-17/h12-13H,5-11H2,1-4H3,(H,16,18)(H,19,20). The summed E-state index contributed by atoms with van der Waals surface area (Å²) in [5.74, 6) is -0.358. The van der Waals surface area contributed by atoms with Gasteiger partial charge in [0, 0.05) is 20.1 Å². The lowest BCUT2D eigenvalue weighted by Crippen LogP contribution is -2.37. The average molecular weight is 399 g/mol. The average Bonchev–Trinajstić information content (AvgIpc) is 2.58. The molecule has 2 unspecified atom stereocenters. The molecule has 0 saturated carbocycles. The van der Waals surface area contributed by atoms with Crippen molar-refractivity contribution in [1.29, 1.82) is 0 Å². The van der Waals surface area contributed by atoms with E-state index >= 15 is 0 Å². The molecule has 10 nitrogen and oxygen atoms in total. The zero-order chi connectivity index (χ0) is 20.1. The van der Waals surface area contributed by atoms with E-state index in [4.69, 9.17) is 14.0 Å². The molecule has 2 atom stereocenters. The topological polar surface area (TPSA) is 130 Å². The summed E-state index contributed by atoms with van der Waals surface area (Å²) in [4.78, 5) is 31.2. The Kier molecular flexibility index (Phi) is 12.7. The molecule has 0 fully saturated rings. The first-order chi connectivity index (χ1) is 12.1. The van der Waals surface area contributed by atoms with Crippen LogP contribution in [0.25, 0.3) is 0 Å². The van der Waals surface area contributed by atoms with Crippen molar-refractivity contribution in [1.82, 2.24) is 5.32 Å². The van der Waals surface area contributed by atoms with E-state index in [9.17, 15) is 19.0 Å². The number of nitrogens with one attached hydrogen (secondary N) is 1. The number of methoxy groups -OCH3 is 1. The minimum atomic E-state index is -4.21. The zero-order valence-electron chi connectivity index (χ0n) is 15.8. The Bertz CT molecular complexity index is 458. The second-order valence-electron chi connectivity index (χ2n) is 5.97. The maximum atomic E-state index is 11.8. The Labute approximate surface area is 154 Å². The van der Waals surface area contributed by atoms with Crippen molar-refractivity contribution in [2.24, 2.45) is 0 Å². The van der Waals surface area contributed by atoms with Crippen LogP contribution in [0.4, 0.5) is 0 Å². The number of amides is 1. The Hall–Kier alpha value is -1.03. The Balaban J connectivity index is 3.85. The van der Waals surface area contributed by atoms with Crippen LogP contribution in [-0.4, -0.2) is 69.1 Å². The van der Waals surface area contributed by atoms with E-state index in [0.717, 1.165) is 0 Å². The molecule has 0 spiro atoms. The molecule has 11 heteroatoms. The Morgan fingerprint density at radius 2 is 1.88 bits per heavy atom. The number of rotatable bonds is 16. The number of ether oxygens (including phenoxy) is 3. The van der Waals surface area contributed by atoms with Gasteiger partial charge in [-0.15, -0.1) is 0 Å². The third-order valence-corrected chi connectivity index (χ3v) is 4.40. The van der Waals surface area contributed by atoms with Gasteiger partial charge in [0.15, 0.2) is 0 Å². The fraction of sp³-hybridized carbons (Fsp3) is 0.867. The summed E-state index contributed by atoms with van der Waals surface area (Å²) in [5.41, 5.74) is -0.328. The van der Waals surface area contributed by atoms with Crippen molar-refractivity contribution < 1.29 is 42.3 Å². The first-order valence-electron chi connectivity index (χ1n) is 8.25. The highest BCUT2D eigenvalue weighted by Crippen LogP contribution is 2.42. The summed E-state index contributed by atoms with van der Waals surface area (Å²) >= 11 is 0. The molecule has 0 rings (SSSR count). The summed E-state index contributed by atoms with van der Waals surface area (Å²) in [5, 5.41) is 2.53. The van der Waals surface area contributed by atoms with E-state index in [1.54, 1.807) is 14.0 Å². The molecule has 0 radical (unpaired) electrons. The van der Waals surface area contributed by atoms with Gasteiger partial charge < -0.3 is 24.4 Å². The zero-order valence-corrected chi connectivity index (χ0v) is 16.7. The maximum absolute atomic E-state index is 11.8. The molecular formula is C15H30NO9P. The predicted octanol–water partition coefficient (Wildman–Crippen LogP) is 1.02. The quantitative estimate of drug-likeness (QED) is 0.222. The van der Waals surface area contributed by atoms with E-state index in [-0.39, 0.29) is 50.8 Å². The molecule has 0 aliphatic carbocycles. The molecule has 0 aliphatic heterocycles. The van der Waals surface area contributed by atoms with Crippen molar-refractivity contribution in [3.63, 3.8) is 0 Å². The smallest absolute Gasteiger partial charge is 0.468 e. The normalized spacial score (nSPS) is 15.1. The molecule has 154 valence electrons. The van der Waals surface area contributed by atoms with Gasteiger partial charge in [-0.1, -0.05) is 0 Å². The Morgan fingerprint density at radius 1 is 1.23 bits per heavy atom. The third kappa shape index (κ3) is 13.2. The number of phosphoric ester groups is 1. The number of carbonyl (C=O) groups is 2. The van der Waals surface area contributed by atoms with Crippen LogP contribution in [0.3, 0.4) is 0 Å². The molecular weight excluding hydrogens is 369 g/mol. The Morgan fingerprint density at radius 3 is 2.50 bits per heavy atom. The van der Waals surface area contributed by atoms with Gasteiger partial charge in [-0.25, -0.2) is 4.57 Å². The largest absolute Gasteiger partial charge is 0.472 e. The molecule has 0 aliphatic rings. The molecule has 2 N–H and O–H groups in total.